The Morgan fingerprint density at radius 3 is 2.75 bits per heavy atom. The predicted molar refractivity (Wildman–Crippen MR) is 74.2 cm³/mol. The summed E-state index contributed by atoms with van der Waals surface area (Å²) < 4.78 is 17.9. The van der Waals surface area contributed by atoms with Crippen LogP contribution in [0.3, 0.4) is 0 Å². The predicted octanol–water partition coefficient (Wildman–Crippen LogP) is 2.94. The Labute approximate surface area is 122 Å². The monoisotopic (exact) mass is 301 g/mol. The summed E-state index contributed by atoms with van der Waals surface area (Å²) in [5.41, 5.74) is -0.0629. The fraction of sp³-hybridized carbons (Fsp3) is 0.429. The van der Waals surface area contributed by atoms with Crippen molar-refractivity contribution in [2.24, 2.45) is 0 Å². The fourth-order valence-corrected chi connectivity index (χ4v) is 1.81. The number of rotatable bonds is 7. The van der Waals surface area contributed by atoms with Crippen molar-refractivity contribution in [3.8, 4) is 0 Å². The molecule has 110 valence electrons. The Hall–Kier alpha value is -1.62. The first-order chi connectivity index (χ1) is 9.54. The largest absolute Gasteiger partial charge is 0.469 e. The molecular formula is C14H17ClFNO3. The average molecular weight is 302 g/mol. The highest BCUT2D eigenvalue weighted by Crippen LogP contribution is 2.14. The third kappa shape index (κ3) is 5.57. The first-order valence-electron chi connectivity index (χ1n) is 6.34. The van der Waals surface area contributed by atoms with Crippen molar-refractivity contribution in [1.82, 2.24) is 5.32 Å². The van der Waals surface area contributed by atoms with E-state index in [1.54, 1.807) is 0 Å². The van der Waals surface area contributed by atoms with Gasteiger partial charge in [0.1, 0.15) is 5.82 Å². The van der Waals surface area contributed by atoms with Crippen molar-refractivity contribution in [1.29, 1.82) is 0 Å². The molecule has 0 heterocycles. The molecule has 1 N–H and O–H groups in total. The molecule has 6 heteroatoms. The van der Waals surface area contributed by atoms with Crippen molar-refractivity contribution in [3.63, 3.8) is 0 Å². The molecule has 0 aromatic heterocycles. The summed E-state index contributed by atoms with van der Waals surface area (Å²) in [6, 6.07) is 3.84. The lowest BCUT2D eigenvalue weighted by Crippen LogP contribution is -2.25. The van der Waals surface area contributed by atoms with Crippen LogP contribution in [0.1, 0.15) is 36.0 Å². The third-order valence-corrected chi connectivity index (χ3v) is 2.98. The lowest BCUT2D eigenvalue weighted by atomic mass is 10.1. The summed E-state index contributed by atoms with van der Waals surface area (Å²) in [5, 5.41) is 2.93. The molecule has 0 unspecified atom stereocenters. The molecule has 0 spiro atoms. The topological polar surface area (TPSA) is 55.4 Å². The Bertz CT molecular complexity index is 479. The van der Waals surface area contributed by atoms with Crippen LogP contribution >= 0.6 is 11.6 Å². The first kappa shape index (κ1) is 16.4. The van der Waals surface area contributed by atoms with Crippen LogP contribution in [0, 0.1) is 5.82 Å². The van der Waals surface area contributed by atoms with E-state index in [9.17, 15) is 14.0 Å². The van der Waals surface area contributed by atoms with E-state index in [1.165, 1.54) is 19.2 Å². The molecule has 1 aromatic rings. The highest BCUT2D eigenvalue weighted by Gasteiger charge is 2.11. The van der Waals surface area contributed by atoms with Gasteiger partial charge in [0.15, 0.2) is 0 Å². The van der Waals surface area contributed by atoms with Gasteiger partial charge in [-0.25, -0.2) is 4.39 Å². The number of unbranched alkanes of at least 4 members (excludes halogenated alkanes) is 2. The second kappa shape index (κ2) is 8.53. The number of benzene rings is 1. The number of ether oxygens (including phenoxy) is 1. The van der Waals surface area contributed by atoms with Crippen LogP contribution < -0.4 is 5.32 Å². The van der Waals surface area contributed by atoms with Crippen LogP contribution in [0.25, 0.3) is 0 Å². The van der Waals surface area contributed by atoms with E-state index in [-0.39, 0.29) is 11.5 Å². The van der Waals surface area contributed by atoms with Crippen LogP contribution in [0.2, 0.25) is 5.02 Å². The molecule has 0 fully saturated rings. The zero-order chi connectivity index (χ0) is 15.0. The van der Waals surface area contributed by atoms with Gasteiger partial charge in [-0.2, -0.15) is 0 Å². The van der Waals surface area contributed by atoms with Crippen LogP contribution in [-0.2, 0) is 9.53 Å². The summed E-state index contributed by atoms with van der Waals surface area (Å²) in [5.74, 6) is -1.33. The van der Waals surface area contributed by atoms with E-state index in [4.69, 9.17) is 11.6 Å². The number of esters is 1. The highest BCUT2D eigenvalue weighted by atomic mass is 35.5. The Kier molecular flexibility index (Phi) is 7.01. The number of nitrogens with one attached hydrogen (secondary N) is 1. The average Bonchev–Trinajstić information content (AvgIpc) is 2.44. The van der Waals surface area contributed by atoms with Gasteiger partial charge in [-0.15, -0.1) is 0 Å². The van der Waals surface area contributed by atoms with Crippen LogP contribution in [0.4, 0.5) is 4.39 Å². The normalized spacial score (nSPS) is 10.2. The van der Waals surface area contributed by atoms with Crippen molar-refractivity contribution in [2.45, 2.75) is 25.7 Å². The summed E-state index contributed by atoms with van der Waals surface area (Å²) in [6.07, 6.45) is 2.57. The van der Waals surface area contributed by atoms with Crippen LogP contribution in [0.5, 0.6) is 0 Å². The van der Waals surface area contributed by atoms with E-state index < -0.39 is 11.7 Å². The Morgan fingerprint density at radius 2 is 2.05 bits per heavy atom. The number of methoxy groups -OCH3 is 1. The van der Waals surface area contributed by atoms with Crippen molar-refractivity contribution in [2.75, 3.05) is 13.7 Å². The Balaban J connectivity index is 2.27. The summed E-state index contributed by atoms with van der Waals surface area (Å²) in [7, 11) is 1.35. The number of hydrogen-bond donors (Lipinski definition) is 1. The molecule has 0 aliphatic carbocycles. The van der Waals surface area contributed by atoms with E-state index in [1.807, 2.05) is 0 Å². The number of amides is 1. The maximum absolute atomic E-state index is 13.4. The molecule has 1 aromatic carbocycles. The number of carbonyl (C=O) groups excluding carboxylic acids is 2. The van der Waals surface area contributed by atoms with Gasteiger partial charge >= 0.3 is 5.97 Å². The number of carbonyl (C=O) groups is 2. The minimum Gasteiger partial charge on any atom is -0.469 e. The number of halogens is 2. The molecule has 0 radical (unpaired) electrons. The van der Waals surface area contributed by atoms with Gasteiger partial charge in [0.25, 0.3) is 5.91 Å². The van der Waals surface area contributed by atoms with Gasteiger partial charge in [0, 0.05) is 18.0 Å². The molecule has 4 nitrogen and oxygen atoms in total. The summed E-state index contributed by atoms with van der Waals surface area (Å²) >= 11 is 5.72. The van der Waals surface area contributed by atoms with Gasteiger partial charge < -0.3 is 10.1 Å². The standard InChI is InChI=1S/C14H17ClFNO3/c1-20-13(18)5-3-2-4-8-17-14(19)11-9-10(15)6-7-12(11)16/h6-7,9H,2-5,8H2,1H3,(H,17,19). The fourth-order valence-electron chi connectivity index (χ4n) is 1.64. The van der Waals surface area contributed by atoms with Crippen LogP contribution in [0.15, 0.2) is 18.2 Å². The van der Waals surface area contributed by atoms with Crippen molar-refractivity contribution < 1.29 is 18.7 Å². The van der Waals surface area contributed by atoms with Gasteiger partial charge in [0.05, 0.1) is 12.7 Å². The quantitative estimate of drug-likeness (QED) is 0.622. The van der Waals surface area contributed by atoms with E-state index in [0.29, 0.717) is 30.8 Å². The van der Waals surface area contributed by atoms with Crippen molar-refractivity contribution in [3.05, 3.63) is 34.6 Å². The highest BCUT2D eigenvalue weighted by molar-refractivity contribution is 6.30. The minimum absolute atomic E-state index is 0.0629. The number of hydrogen-bond acceptors (Lipinski definition) is 3. The molecule has 0 atom stereocenters. The van der Waals surface area contributed by atoms with Gasteiger partial charge in [0.2, 0.25) is 0 Å². The molecule has 0 aliphatic rings. The van der Waals surface area contributed by atoms with E-state index >= 15 is 0 Å². The molecule has 1 rings (SSSR count). The smallest absolute Gasteiger partial charge is 0.305 e. The lowest BCUT2D eigenvalue weighted by molar-refractivity contribution is -0.140. The van der Waals surface area contributed by atoms with Crippen molar-refractivity contribution >= 4 is 23.5 Å². The first-order valence-corrected chi connectivity index (χ1v) is 6.72. The zero-order valence-electron chi connectivity index (χ0n) is 11.2. The molecule has 0 saturated carbocycles. The van der Waals surface area contributed by atoms with Gasteiger partial charge in [-0.05, 0) is 31.0 Å². The molecular weight excluding hydrogens is 285 g/mol. The molecule has 0 bridgehead atoms. The minimum atomic E-state index is -0.599. The Morgan fingerprint density at radius 1 is 1.30 bits per heavy atom. The zero-order valence-corrected chi connectivity index (χ0v) is 12.0. The molecule has 20 heavy (non-hydrogen) atoms. The second-order valence-electron chi connectivity index (χ2n) is 4.27. The molecule has 0 saturated heterocycles. The lowest BCUT2D eigenvalue weighted by Gasteiger charge is -2.06. The maximum atomic E-state index is 13.4. The molecule has 0 aliphatic heterocycles. The summed E-state index contributed by atoms with van der Waals surface area (Å²) in [4.78, 5) is 22.6. The third-order valence-electron chi connectivity index (χ3n) is 2.74. The summed E-state index contributed by atoms with van der Waals surface area (Å²) in [6.45, 7) is 0.423. The van der Waals surface area contributed by atoms with Gasteiger partial charge in [-0.3, -0.25) is 9.59 Å². The van der Waals surface area contributed by atoms with Gasteiger partial charge in [-0.1, -0.05) is 18.0 Å². The van der Waals surface area contributed by atoms with E-state index in [2.05, 4.69) is 10.1 Å². The second-order valence-corrected chi connectivity index (χ2v) is 4.70. The SMILES string of the molecule is COC(=O)CCCCCNC(=O)c1cc(Cl)ccc1F. The molecule has 1 amide bonds. The van der Waals surface area contributed by atoms with E-state index in [0.717, 1.165) is 12.5 Å². The maximum Gasteiger partial charge on any atom is 0.305 e. The van der Waals surface area contributed by atoms with Crippen LogP contribution in [-0.4, -0.2) is 25.5 Å².